The van der Waals surface area contributed by atoms with Crippen LogP contribution in [0.5, 0.6) is 0 Å². The zero-order chi connectivity index (χ0) is 22.9. The van der Waals surface area contributed by atoms with Gasteiger partial charge in [0.05, 0.1) is 6.42 Å². The maximum Gasteiger partial charge on any atom is 0.390 e. The number of imide groups is 1. The van der Waals surface area contributed by atoms with Gasteiger partial charge in [-0.05, 0) is 48.8 Å². The summed E-state index contributed by atoms with van der Waals surface area (Å²) < 4.78 is 37.5. The lowest BCUT2D eigenvalue weighted by Gasteiger charge is -2.33. The second-order valence-corrected chi connectivity index (χ2v) is 9.07. The lowest BCUT2D eigenvalue weighted by atomic mass is 9.80. The van der Waals surface area contributed by atoms with Crippen LogP contribution >= 0.6 is 0 Å². The lowest BCUT2D eigenvalue weighted by molar-refractivity contribution is -0.137. The third-order valence-electron chi connectivity index (χ3n) is 6.81. The van der Waals surface area contributed by atoms with E-state index >= 15 is 0 Å². The first-order valence-corrected chi connectivity index (χ1v) is 11.3. The Morgan fingerprint density at radius 1 is 1.09 bits per heavy atom. The van der Waals surface area contributed by atoms with Crippen molar-refractivity contribution in [2.45, 2.75) is 76.2 Å². The van der Waals surface area contributed by atoms with E-state index in [4.69, 9.17) is 0 Å². The fraction of sp³-hybridized carbons (Fsp3) is 0.609. The fourth-order valence-corrected chi connectivity index (χ4v) is 5.18. The minimum atomic E-state index is -4.15. The summed E-state index contributed by atoms with van der Waals surface area (Å²) in [6, 6.07) is 5.10. The maximum atomic E-state index is 12.8. The summed E-state index contributed by atoms with van der Waals surface area (Å²) in [6.45, 7) is 0.260. The molecule has 3 atom stereocenters. The molecule has 2 fully saturated rings. The summed E-state index contributed by atoms with van der Waals surface area (Å²) >= 11 is 0. The van der Waals surface area contributed by atoms with Crippen molar-refractivity contribution >= 4 is 17.7 Å². The quantitative estimate of drug-likeness (QED) is 0.652. The molecule has 2 aliphatic heterocycles. The predicted octanol–water partition coefficient (Wildman–Crippen LogP) is 3.09. The van der Waals surface area contributed by atoms with Gasteiger partial charge in [0.1, 0.15) is 6.04 Å². The van der Waals surface area contributed by atoms with Gasteiger partial charge >= 0.3 is 6.18 Å². The number of carbonyl (C=O) groups is 3. The molecule has 1 aromatic rings. The number of halogens is 3. The number of nitrogens with zero attached hydrogens (tertiary/aromatic N) is 1. The molecule has 0 radical (unpaired) electrons. The molecule has 2 heterocycles. The monoisotopic (exact) mass is 451 g/mol. The largest absolute Gasteiger partial charge is 0.390 e. The molecule has 3 aliphatic rings. The van der Waals surface area contributed by atoms with Crippen LogP contribution in [-0.4, -0.2) is 47.4 Å². The predicted molar refractivity (Wildman–Crippen MR) is 111 cm³/mol. The standard InChI is InChI=1S/C23H28F3N3O3/c24-23(25,26)9-10-27-18-4-2-1-3-15(18)11-14-5-6-17-16(12-14)13-29(22(17)32)19-7-8-20(30)28-21(19)31/h5-6,12,15,18-19,27H,1-4,7-11,13H2,(H,28,30,31)/t15-,18+,19?/m1/s1. The Labute approximate surface area is 184 Å². The molecule has 1 saturated heterocycles. The topological polar surface area (TPSA) is 78.5 Å². The SMILES string of the molecule is O=C1CCC(N2Cc3cc(C[C@H]4CCCC[C@@H]4NCCC(F)(F)F)ccc3C2=O)C(=O)N1. The highest BCUT2D eigenvalue weighted by Gasteiger charge is 2.39. The van der Waals surface area contributed by atoms with Crippen LogP contribution in [0.3, 0.4) is 0 Å². The summed E-state index contributed by atoms with van der Waals surface area (Å²) in [4.78, 5) is 38.0. The van der Waals surface area contributed by atoms with Crippen LogP contribution < -0.4 is 10.6 Å². The van der Waals surface area contributed by atoms with Gasteiger partial charge in [-0.25, -0.2) is 0 Å². The lowest BCUT2D eigenvalue weighted by Crippen LogP contribution is -2.52. The van der Waals surface area contributed by atoms with Gasteiger partial charge in [-0.1, -0.05) is 25.0 Å². The molecule has 2 N–H and O–H groups in total. The van der Waals surface area contributed by atoms with Crippen LogP contribution in [0.4, 0.5) is 13.2 Å². The number of hydrogen-bond acceptors (Lipinski definition) is 4. The minimum absolute atomic E-state index is 0.0564. The molecule has 9 heteroatoms. The molecule has 1 unspecified atom stereocenters. The molecule has 1 aliphatic carbocycles. The fourth-order valence-electron chi connectivity index (χ4n) is 5.18. The molecule has 0 spiro atoms. The Morgan fingerprint density at radius 3 is 2.62 bits per heavy atom. The van der Waals surface area contributed by atoms with Crippen LogP contribution in [0.2, 0.25) is 0 Å². The minimum Gasteiger partial charge on any atom is -0.322 e. The van der Waals surface area contributed by atoms with Gasteiger partial charge < -0.3 is 10.2 Å². The molecule has 0 bridgehead atoms. The third-order valence-corrected chi connectivity index (χ3v) is 6.81. The van der Waals surface area contributed by atoms with Crippen LogP contribution in [0, 0.1) is 5.92 Å². The zero-order valence-electron chi connectivity index (χ0n) is 17.8. The van der Waals surface area contributed by atoms with E-state index in [1.54, 1.807) is 6.07 Å². The average molecular weight is 451 g/mol. The van der Waals surface area contributed by atoms with E-state index in [9.17, 15) is 27.6 Å². The highest BCUT2D eigenvalue weighted by molar-refractivity contribution is 6.05. The van der Waals surface area contributed by atoms with Gasteiger partial charge in [0.25, 0.3) is 5.91 Å². The Morgan fingerprint density at radius 2 is 1.88 bits per heavy atom. The van der Waals surface area contributed by atoms with E-state index in [1.165, 1.54) is 4.90 Å². The van der Waals surface area contributed by atoms with E-state index in [1.807, 2.05) is 12.1 Å². The van der Waals surface area contributed by atoms with Gasteiger partial charge in [0.2, 0.25) is 11.8 Å². The van der Waals surface area contributed by atoms with E-state index in [0.717, 1.165) is 43.2 Å². The summed E-state index contributed by atoms with van der Waals surface area (Å²) in [5.41, 5.74) is 2.48. The maximum absolute atomic E-state index is 12.8. The summed E-state index contributed by atoms with van der Waals surface area (Å²) in [5, 5.41) is 5.41. The van der Waals surface area contributed by atoms with Crippen molar-refractivity contribution in [2.24, 2.45) is 5.92 Å². The number of amides is 3. The van der Waals surface area contributed by atoms with Gasteiger partial charge in [0.15, 0.2) is 0 Å². The van der Waals surface area contributed by atoms with Crippen LogP contribution in [-0.2, 0) is 22.6 Å². The average Bonchev–Trinajstić information content (AvgIpc) is 3.04. The van der Waals surface area contributed by atoms with Crippen molar-refractivity contribution in [3.8, 4) is 0 Å². The number of nitrogens with one attached hydrogen (secondary N) is 2. The Bertz CT molecular complexity index is 902. The molecule has 3 amide bonds. The van der Waals surface area contributed by atoms with Crippen LogP contribution in [0.15, 0.2) is 18.2 Å². The highest BCUT2D eigenvalue weighted by atomic mass is 19.4. The number of rotatable bonds is 6. The van der Waals surface area contributed by atoms with Crippen molar-refractivity contribution in [2.75, 3.05) is 6.54 Å². The summed E-state index contributed by atoms with van der Waals surface area (Å²) in [5.74, 6) is -0.704. The Hall–Kier alpha value is -2.42. The van der Waals surface area contributed by atoms with E-state index in [-0.39, 0.29) is 36.7 Å². The van der Waals surface area contributed by atoms with Crippen LogP contribution in [0.1, 0.15) is 66.4 Å². The van der Waals surface area contributed by atoms with E-state index in [0.29, 0.717) is 18.5 Å². The molecule has 174 valence electrons. The number of fused-ring (bicyclic) bond motifs is 1. The first-order valence-electron chi connectivity index (χ1n) is 11.3. The van der Waals surface area contributed by atoms with Crippen molar-refractivity contribution in [1.29, 1.82) is 0 Å². The highest BCUT2D eigenvalue weighted by Crippen LogP contribution is 2.32. The summed E-state index contributed by atoms with van der Waals surface area (Å²) in [6.07, 6.45) is 0.206. The van der Waals surface area contributed by atoms with E-state index in [2.05, 4.69) is 10.6 Å². The first kappa shape index (κ1) is 22.8. The summed E-state index contributed by atoms with van der Waals surface area (Å²) in [7, 11) is 0. The first-order chi connectivity index (χ1) is 15.2. The molecular weight excluding hydrogens is 423 g/mol. The Balaban J connectivity index is 1.41. The molecule has 1 aromatic carbocycles. The van der Waals surface area contributed by atoms with Crippen molar-refractivity contribution in [3.63, 3.8) is 0 Å². The molecule has 0 aromatic heterocycles. The second-order valence-electron chi connectivity index (χ2n) is 9.07. The van der Waals surface area contributed by atoms with E-state index < -0.39 is 24.5 Å². The van der Waals surface area contributed by atoms with Crippen LogP contribution in [0.25, 0.3) is 0 Å². The van der Waals surface area contributed by atoms with Gasteiger partial charge in [-0.2, -0.15) is 13.2 Å². The number of hydrogen-bond donors (Lipinski definition) is 2. The number of alkyl halides is 3. The smallest absolute Gasteiger partial charge is 0.322 e. The van der Waals surface area contributed by atoms with Gasteiger partial charge in [0, 0.05) is 31.1 Å². The third kappa shape index (κ3) is 5.14. The molecular formula is C23H28F3N3O3. The Kier molecular flexibility index (Phi) is 6.55. The molecule has 32 heavy (non-hydrogen) atoms. The molecule has 1 saturated carbocycles. The van der Waals surface area contributed by atoms with Gasteiger partial charge in [-0.15, -0.1) is 0 Å². The van der Waals surface area contributed by atoms with Gasteiger partial charge in [-0.3, -0.25) is 19.7 Å². The number of piperidine rings is 1. The number of carbonyl (C=O) groups excluding carboxylic acids is 3. The van der Waals surface area contributed by atoms with Crippen molar-refractivity contribution in [3.05, 3.63) is 34.9 Å². The molecule has 4 rings (SSSR count). The van der Waals surface area contributed by atoms with Crippen molar-refractivity contribution in [1.82, 2.24) is 15.5 Å². The number of benzene rings is 1. The normalized spacial score (nSPS) is 26.3. The van der Waals surface area contributed by atoms with Crippen molar-refractivity contribution < 1.29 is 27.6 Å². The second kappa shape index (κ2) is 9.21. The molecule has 6 nitrogen and oxygen atoms in total. The zero-order valence-corrected chi connectivity index (χ0v) is 17.8.